The number of nitrogens with one attached hydrogen (secondary N) is 1. The van der Waals surface area contributed by atoms with Crippen LogP contribution in [0.25, 0.3) is 0 Å². The Kier molecular flexibility index (Phi) is 2.24. The zero-order valence-electron chi connectivity index (χ0n) is 4.93. The fraction of sp³-hybridized carbons (Fsp3) is 1.00. The molecule has 1 aliphatic carbocycles. The highest BCUT2D eigenvalue weighted by Gasteiger charge is 2.21. The molecule has 0 bridgehead atoms. The fourth-order valence-corrected chi connectivity index (χ4v) is 1.61. The van der Waals surface area contributed by atoms with Crippen molar-refractivity contribution < 1.29 is 0 Å². The summed E-state index contributed by atoms with van der Waals surface area (Å²) in [5.41, 5.74) is 5.71. The molecule has 0 aromatic rings. The quantitative estimate of drug-likeness (QED) is 0.502. The summed E-state index contributed by atoms with van der Waals surface area (Å²) < 4.78 is 0. The molecule has 1 unspecified atom stereocenters. The average molecular weight is 132 g/mol. The second kappa shape index (κ2) is 2.77. The first-order chi connectivity index (χ1) is 3.84. The molecule has 8 heavy (non-hydrogen) atoms. The summed E-state index contributed by atoms with van der Waals surface area (Å²) in [5, 5.41) is 3.11. The van der Waals surface area contributed by atoms with Crippen LogP contribution in [-0.2, 0) is 0 Å². The first-order valence-electron chi connectivity index (χ1n) is 3.06. The van der Waals surface area contributed by atoms with Gasteiger partial charge in [-0.3, -0.25) is 5.09 Å². The molecule has 0 heterocycles. The first kappa shape index (κ1) is 6.47. The lowest BCUT2D eigenvalue weighted by Gasteiger charge is -2.12. The van der Waals surface area contributed by atoms with Gasteiger partial charge in [-0.25, -0.2) is 0 Å². The summed E-state index contributed by atoms with van der Waals surface area (Å²) in [7, 11) is 2.52. The van der Waals surface area contributed by atoms with E-state index < -0.39 is 0 Å². The zero-order valence-corrected chi connectivity index (χ0v) is 6.09. The van der Waals surface area contributed by atoms with Gasteiger partial charge < -0.3 is 5.73 Å². The van der Waals surface area contributed by atoms with Gasteiger partial charge in [0.1, 0.15) is 0 Å². The molecule has 3 heteroatoms. The normalized spacial score (nSPS) is 38.2. The predicted molar refractivity (Wildman–Crippen MR) is 38.5 cm³/mol. The Balaban J connectivity index is 2.30. The van der Waals surface area contributed by atoms with Crippen LogP contribution in [0, 0.1) is 0 Å². The van der Waals surface area contributed by atoms with Gasteiger partial charge in [-0.2, -0.15) is 0 Å². The molecule has 3 atom stereocenters. The Morgan fingerprint density at radius 1 is 1.50 bits per heavy atom. The lowest BCUT2D eigenvalue weighted by Crippen LogP contribution is -2.35. The minimum absolute atomic E-state index is 0.396. The minimum Gasteiger partial charge on any atom is -0.326 e. The summed E-state index contributed by atoms with van der Waals surface area (Å²) in [6, 6.07) is 0.951. The van der Waals surface area contributed by atoms with Crippen molar-refractivity contribution in [3.8, 4) is 0 Å². The van der Waals surface area contributed by atoms with Gasteiger partial charge in [0, 0.05) is 12.1 Å². The second-order valence-electron chi connectivity index (χ2n) is 2.37. The van der Waals surface area contributed by atoms with Crippen LogP contribution >= 0.6 is 9.39 Å². The van der Waals surface area contributed by atoms with E-state index in [9.17, 15) is 0 Å². The van der Waals surface area contributed by atoms with Crippen molar-refractivity contribution in [1.29, 1.82) is 0 Å². The Morgan fingerprint density at radius 3 is 2.50 bits per heavy atom. The maximum atomic E-state index is 5.71. The van der Waals surface area contributed by atoms with Crippen molar-refractivity contribution in [3.05, 3.63) is 0 Å². The van der Waals surface area contributed by atoms with Gasteiger partial charge >= 0.3 is 0 Å². The molecule has 0 aliphatic heterocycles. The van der Waals surface area contributed by atoms with Crippen LogP contribution in [0.2, 0.25) is 0 Å². The Bertz CT molecular complexity index is 76.8. The zero-order chi connectivity index (χ0) is 5.98. The van der Waals surface area contributed by atoms with Crippen molar-refractivity contribution in [2.24, 2.45) is 5.73 Å². The maximum Gasteiger partial charge on any atom is 0.0250 e. The monoisotopic (exact) mass is 132 g/mol. The van der Waals surface area contributed by atoms with Crippen molar-refractivity contribution >= 4 is 9.39 Å². The molecule has 0 spiro atoms. The molecule has 0 amide bonds. The van der Waals surface area contributed by atoms with Crippen LogP contribution in [-0.4, -0.2) is 12.1 Å². The molecule has 0 aromatic carbocycles. The summed E-state index contributed by atoms with van der Waals surface area (Å²) in [6.07, 6.45) is 3.71. The van der Waals surface area contributed by atoms with Crippen LogP contribution in [0.3, 0.4) is 0 Å². The number of nitrogens with two attached hydrogens (primary N) is 1. The highest BCUT2D eigenvalue weighted by atomic mass is 31.0. The van der Waals surface area contributed by atoms with Crippen molar-refractivity contribution in [2.75, 3.05) is 0 Å². The SMILES string of the molecule is N[C@@H]1CCC[C@@H]1NP. The lowest BCUT2D eigenvalue weighted by molar-refractivity contribution is 0.571. The van der Waals surface area contributed by atoms with Gasteiger partial charge in [0.2, 0.25) is 0 Å². The Labute approximate surface area is 52.5 Å². The van der Waals surface area contributed by atoms with E-state index in [2.05, 4.69) is 14.5 Å². The molecule has 1 aliphatic rings. The number of rotatable bonds is 1. The average Bonchev–Trinajstić information content (AvgIpc) is 2.14. The number of hydrogen-bond donors (Lipinski definition) is 2. The fourth-order valence-electron chi connectivity index (χ4n) is 1.20. The van der Waals surface area contributed by atoms with Crippen LogP contribution < -0.4 is 10.8 Å². The third-order valence-electron chi connectivity index (χ3n) is 1.78. The van der Waals surface area contributed by atoms with E-state index in [0.717, 1.165) is 0 Å². The largest absolute Gasteiger partial charge is 0.326 e. The third kappa shape index (κ3) is 1.19. The van der Waals surface area contributed by atoms with Gasteiger partial charge in [0.15, 0.2) is 0 Å². The van der Waals surface area contributed by atoms with E-state index in [-0.39, 0.29) is 0 Å². The van der Waals surface area contributed by atoms with Gasteiger partial charge in [-0.05, 0) is 12.8 Å². The summed E-state index contributed by atoms with van der Waals surface area (Å²) in [4.78, 5) is 0. The van der Waals surface area contributed by atoms with E-state index in [1.807, 2.05) is 0 Å². The molecule has 1 fully saturated rings. The predicted octanol–water partition coefficient (Wildman–Crippen LogP) is 0.246. The highest BCUT2D eigenvalue weighted by molar-refractivity contribution is 7.13. The molecule has 1 saturated carbocycles. The molecule has 0 aromatic heterocycles. The van der Waals surface area contributed by atoms with E-state index >= 15 is 0 Å². The van der Waals surface area contributed by atoms with Crippen LogP contribution in [0.1, 0.15) is 19.3 Å². The van der Waals surface area contributed by atoms with E-state index in [4.69, 9.17) is 5.73 Å². The summed E-state index contributed by atoms with van der Waals surface area (Å²) in [6.45, 7) is 0. The second-order valence-corrected chi connectivity index (χ2v) is 2.70. The molecule has 0 radical (unpaired) electrons. The third-order valence-corrected chi connectivity index (χ3v) is 2.21. The van der Waals surface area contributed by atoms with Gasteiger partial charge in [-0.1, -0.05) is 15.8 Å². The van der Waals surface area contributed by atoms with Gasteiger partial charge in [0.25, 0.3) is 0 Å². The first-order valence-corrected chi connectivity index (χ1v) is 3.64. The smallest absolute Gasteiger partial charge is 0.0250 e. The van der Waals surface area contributed by atoms with E-state index in [1.165, 1.54) is 19.3 Å². The van der Waals surface area contributed by atoms with Gasteiger partial charge in [-0.15, -0.1) is 0 Å². The van der Waals surface area contributed by atoms with Gasteiger partial charge in [0.05, 0.1) is 0 Å². The molecule has 1 rings (SSSR count). The molecule has 2 nitrogen and oxygen atoms in total. The Hall–Kier alpha value is 0.350. The van der Waals surface area contributed by atoms with E-state index in [1.54, 1.807) is 0 Å². The molecular formula is C5H13N2P. The standard InChI is InChI=1S/C5H13N2P/c6-4-2-1-3-5(4)7-8/h4-5,7H,1-3,6,8H2/t4-,5+/m1/s1. The molecule has 0 saturated heterocycles. The molecular weight excluding hydrogens is 119 g/mol. The van der Waals surface area contributed by atoms with Crippen molar-refractivity contribution in [2.45, 2.75) is 31.3 Å². The minimum atomic E-state index is 0.396. The molecule has 48 valence electrons. The number of hydrogen-bond acceptors (Lipinski definition) is 2. The van der Waals surface area contributed by atoms with Crippen LogP contribution in [0.5, 0.6) is 0 Å². The van der Waals surface area contributed by atoms with E-state index in [0.29, 0.717) is 12.1 Å². The summed E-state index contributed by atoms with van der Waals surface area (Å²) in [5.74, 6) is 0. The summed E-state index contributed by atoms with van der Waals surface area (Å²) >= 11 is 0. The lowest BCUT2D eigenvalue weighted by atomic mass is 10.2. The molecule has 3 N–H and O–H groups in total. The maximum absolute atomic E-state index is 5.71. The van der Waals surface area contributed by atoms with Crippen LogP contribution in [0.15, 0.2) is 0 Å². The topological polar surface area (TPSA) is 38.0 Å². The van der Waals surface area contributed by atoms with Crippen molar-refractivity contribution in [1.82, 2.24) is 5.09 Å². The van der Waals surface area contributed by atoms with Crippen LogP contribution in [0.4, 0.5) is 0 Å². The highest BCUT2D eigenvalue weighted by Crippen LogP contribution is 2.17. The van der Waals surface area contributed by atoms with Crippen molar-refractivity contribution in [3.63, 3.8) is 0 Å². The Morgan fingerprint density at radius 2 is 2.25 bits per heavy atom.